The van der Waals surface area contributed by atoms with Crippen LogP contribution < -0.4 is 10.6 Å². The number of carbonyl (C=O) groups excluding carboxylic acids is 1. The minimum atomic E-state index is -0.178. The van der Waals surface area contributed by atoms with Gasteiger partial charge in [-0.3, -0.25) is 4.79 Å². The second-order valence-electron chi connectivity index (χ2n) is 7.67. The number of hydrogen-bond acceptors (Lipinski definition) is 5. The lowest BCUT2D eigenvalue weighted by Crippen LogP contribution is -2.09. The van der Waals surface area contributed by atoms with Gasteiger partial charge in [-0.05, 0) is 68.2 Å². The van der Waals surface area contributed by atoms with Crippen molar-refractivity contribution in [3.05, 3.63) is 104 Å². The van der Waals surface area contributed by atoms with Crippen molar-refractivity contribution in [1.29, 1.82) is 0 Å². The topological polar surface area (TPSA) is 71.3 Å². The quantitative estimate of drug-likeness (QED) is 0.206. The molecule has 0 atom stereocenters. The fourth-order valence-corrected chi connectivity index (χ4v) is 4.76. The number of aromatic nitrogens is 3. The van der Waals surface area contributed by atoms with E-state index in [0.717, 1.165) is 38.4 Å². The molecule has 0 aliphatic carbocycles. The summed E-state index contributed by atoms with van der Waals surface area (Å²) in [4.78, 5) is 17.0. The number of benzene rings is 2. The highest BCUT2D eigenvalue weighted by atomic mass is 79.9. The molecule has 0 spiro atoms. The molecule has 2 aromatic carbocycles. The zero-order chi connectivity index (χ0) is 24.2. The Labute approximate surface area is 219 Å². The van der Waals surface area contributed by atoms with Crippen LogP contribution in [-0.4, -0.2) is 20.5 Å². The molecule has 6 nitrogen and oxygen atoms in total. The lowest BCUT2D eigenvalue weighted by atomic mass is 10.1. The van der Waals surface area contributed by atoms with Crippen molar-refractivity contribution in [1.82, 2.24) is 14.6 Å². The van der Waals surface area contributed by atoms with Gasteiger partial charge in [0.25, 0.3) is 0 Å². The smallest absolute Gasteiger partial charge is 0.248 e. The summed E-state index contributed by atoms with van der Waals surface area (Å²) in [5.41, 5.74) is 5.00. The summed E-state index contributed by atoms with van der Waals surface area (Å²) in [6.07, 6.45) is 5.04. The summed E-state index contributed by atoms with van der Waals surface area (Å²) >= 11 is 11.5. The number of nitrogens with one attached hydrogen (secondary N) is 2. The highest BCUT2D eigenvalue weighted by Gasteiger charge is 2.13. The maximum Gasteiger partial charge on any atom is 0.248 e. The van der Waals surface area contributed by atoms with Gasteiger partial charge in [0.05, 0.1) is 16.4 Å². The van der Waals surface area contributed by atoms with Gasteiger partial charge in [-0.1, -0.05) is 41.9 Å². The Hall–Kier alpha value is -3.46. The van der Waals surface area contributed by atoms with Gasteiger partial charge in [-0.25, -0.2) is 4.98 Å². The monoisotopic (exact) mass is 563 g/mol. The molecule has 0 saturated carbocycles. The van der Waals surface area contributed by atoms with Crippen LogP contribution >= 0.6 is 38.9 Å². The number of fused-ring (bicyclic) bond motifs is 1. The molecule has 0 aliphatic heterocycles. The first-order valence-corrected chi connectivity index (χ1v) is 12.8. The van der Waals surface area contributed by atoms with Crippen LogP contribution in [0.5, 0.6) is 0 Å². The van der Waals surface area contributed by atoms with Gasteiger partial charge < -0.3 is 10.6 Å². The van der Waals surface area contributed by atoms with Crippen molar-refractivity contribution in [3.63, 3.8) is 0 Å². The Morgan fingerprint density at radius 3 is 2.86 bits per heavy atom. The van der Waals surface area contributed by atoms with E-state index in [0.29, 0.717) is 17.2 Å². The minimum Gasteiger partial charge on any atom is -0.366 e. The summed E-state index contributed by atoms with van der Waals surface area (Å²) < 4.78 is 2.53. The molecule has 1 amide bonds. The fraction of sp³-hybridized carbons (Fsp3) is 0.0385. The Morgan fingerprint density at radius 2 is 2.03 bits per heavy atom. The zero-order valence-electron chi connectivity index (χ0n) is 18.3. The molecule has 2 N–H and O–H groups in total. The van der Waals surface area contributed by atoms with Gasteiger partial charge in [0.2, 0.25) is 5.91 Å². The standard InChI is InChI=1S/C26H19BrClN5OS/c27-21-15-30-33-24(13-23(32-26(21)33)20-6-1-2-7-22(20)28)29-14-18-4-3-5-19(12-18)31-25(34)9-8-17-10-11-35-16-17/h1-13,15-16,29H,14H2,(H,31,34)/b9-8+. The molecule has 0 saturated heterocycles. The second kappa shape index (κ2) is 10.4. The molecule has 5 aromatic rings. The number of hydrogen-bond donors (Lipinski definition) is 2. The number of carbonyl (C=O) groups is 1. The van der Waals surface area contributed by atoms with Crippen molar-refractivity contribution in [2.24, 2.45) is 0 Å². The number of halogens is 2. The van der Waals surface area contributed by atoms with Gasteiger partial charge in [-0.15, -0.1) is 0 Å². The van der Waals surface area contributed by atoms with E-state index in [1.54, 1.807) is 28.1 Å². The normalized spacial score (nSPS) is 11.3. The molecule has 0 unspecified atom stereocenters. The molecular formula is C26H19BrClN5OS. The Kier molecular flexibility index (Phi) is 6.94. The van der Waals surface area contributed by atoms with Crippen LogP contribution in [0.25, 0.3) is 23.0 Å². The number of thiophene rings is 1. The maximum atomic E-state index is 12.3. The lowest BCUT2D eigenvalue weighted by Gasteiger charge is -2.12. The largest absolute Gasteiger partial charge is 0.366 e. The first-order valence-electron chi connectivity index (χ1n) is 10.7. The first-order chi connectivity index (χ1) is 17.1. The highest BCUT2D eigenvalue weighted by Crippen LogP contribution is 2.30. The van der Waals surface area contributed by atoms with Crippen LogP contribution in [0.1, 0.15) is 11.1 Å². The van der Waals surface area contributed by atoms with E-state index < -0.39 is 0 Å². The van der Waals surface area contributed by atoms with Crippen molar-refractivity contribution in [2.45, 2.75) is 6.54 Å². The van der Waals surface area contributed by atoms with E-state index >= 15 is 0 Å². The van der Waals surface area contributed by atoms with Crippen molar-refractivity contribution < 1.29 is 4.79 Å². The molecule has 0 fully saturated rings. The average molecular weight is 565 g/mol. The van der Waals surface area contributed by atoms with E-state index in [1.807, 2.05) is 71.4 Å². The Bertz CT molecular complexity index is 1530. The van der Waals surface area contributed by atoms with Gasteiger partial charge in [0.1, 0.15) is 5.82 Å². The lowest BCUT2D eigenvalue weighted by molar-refractivity contribution is -0.111. The molecular weight excluding hydrogens is 546 g/mol. The minimum absolute atomic E-state index is 0.178. The number of rotatable bonds is 7. The molecule has 0 bridgehead atoms. The number of anilines is 2. The van der Waals surface area contributed by atoms with Gasteiger partial charge >= 0.3 is 0 Å². The molecule has 0 radical (unpaired) electrons. The molecule has 174 valence electrons. The van der Waals surface area contributed by atoms with Gasteiger partial charge in [0.15, 0.2) is 5.65 Å². The van der Waals surface area contributed by atoms with Gasteiger partial charge in [-0.2, -0.15) is 21.0 Å². The van der Waals surface area contributed by atoms with Crippen LogP contribution in [0.15, 0.2) is 88.2 Å². The molecule has 3 aromatic heterocycles. The van der Waals surface area contributed by atoms with Crippen LogP contribution in [0.4, 0.5) is 11.5 Å². The van der Waals surface area contributed by atoms with Crippen LogP contribution in [0, 0.1) is 0 Å². The molecule has 3 heterocycles. The summed E-state index contributed by atoms with van der Waals surface area (Å²) in [5.74, 6) is 0.590. The van der Waals surface area contributed by atoms with Crippen molar-refractivity contribution in [3.8, 4) is 11.3 Å². The molecule has 35 heavy (non-hydrogen) atoms. The summed E-state index contributed by atoms with van der Waals surface area (Å²) in [7, 11) is 0. The van der Waals surface area contributed by atoms with E-state index in [-0.39, 0.29) is 5.91 Å². The molecule has 9 heteroatoms. The van der Waals surface area contributed by atoms with E-state index in [4.69, 9.17) is 16.6 Å². The predicted molar refractivity (Wildman–Crippen MR) is 147 cm³/mol. The summed E-state index contributed by atoms with van der Waals surface area (Å²) in [6.45, 7) is 0.521. The van der Waals surface area contributed by atoms with Crippen LogP contribution in [0.2, 0.25) is 5.02 Å². The van der Waals surface area contributed by atoms with Crippen molar-refractivity contribution >= 4 is 68.0 Å². The van der Waals surface area contributed by atoms with E-state index in [2.05, 4.69) is 31.7 Å². The molecule has 5 rings (SSSR count). The number of amides is 1. The van der Waals surface area contributed by atoms with Crippen molar-refractivity contribution in [2.75, 3.05) is 10.6 Å². The van der Waals surface area contributed by atoms with Gasteiger partial charge in [0, 0.05) is 35.0 Å². The third-order valence-corrected chi connectivity index (χ3v) is 6.81. The summed E-state index contributed by atoms with van der Waals surface area (Å²) in [6, 6.07) is 19.2. The van der Waals surface area contributed by atoms with E-state index in [9.17, 15) is 4.79 Å². The summed E-state index contributed by atoms with van der Waals surface area (Å²) in [5, 5.41) is 15.4. The first kappa shape index (κ1) is 23.3. The zero-order valence-corrected chi connectivity index (χ0v) is 21.4. The van der Waals surface area contributed by atoms with Crippen LogP contribution in [-0.2, 0) is 11.3 Å². The highest BCUT2D eigenvalue weighted by molar-refractivity contribution is 9.10. The SMILES string of the molecule is O=C(/C=C/c1ccsc1)Nc1cccc(CNc2cc(-c3ccccc3Cl)nc3c(Br)cnn23)c1. The Balaban J connectivity index is 1.35. The second-order valence-corrected chi connectivity index (χ2v) is 9.71. The van der Waals surface area contributed by atoms with Crippen LogP contribution in [0.3, 0.4) is 0 Å². The average Bonchev–Trinajstić information content (AvgIpc) is 3.52. The number of nitrogens with zero attached hydrogens (tertiary/aromatic N) is 3. The predicted octanol–water partition coefficient (Wildman–Crippen LogP) is 7.14. The Morgan fingerprint density at radius 1 is 1.14 bits per heavy atom. The maximum absolute atomic E-state index is 12.3. The van der Waals surface area contributed by atoms with E-state index in [1.165, 1.54) is 6.08 Å². The third-order valence-electron chi connectivity index (χ3n) is 5.22. The molecule has 0 aliphatic rings. The fourth-order valence-electron chi connectivity index (χ4n) is 3.55. The third kappa shape index (κ3) is 5.45.